The molecule has 1 aliphatic heterocycles. The highest BCUT2D eigenvalue weighted by Crippen LogP contribution is 2.22. The number of rotatable bonds is 5. The van der Waals surface area contributed by atoms with E-state index < -0.39 is 10.0 Å². The Hall–Kier alpha value is -0.470. The minimum atomic E-state index is -3.38. The predicted octanol–water partition coefficient (Wildman–Crippen LogP) is 0.622. The van der Waals surface area contributed by atoms with Gasteiger partial charge >= 0.3 is 0 Å². The van der Waals surface area contributed by atoms with Crippen LogP contribution in [0, 0.1) is 0 Å². The van der Waals surface area contributed by atoms with Crippen molar-refractivity contribution in [2.24, 2.45) is 5.73 Å². The molecule has 5 nitrogen and oxygen atoms in total. The molecule has 3 N–H and O–H groups in total. The van der Waals surface area contributed by atoms with E-state index >= 15 is 0 Å². The van der Waals surface area contributed by atoms with Crippen LogP contribution in [-0.4, -0.2) is 46.0 Å². The van der Waals surface area contributed by atoms with Crippen LogP contribution in [0.1, 0.15) is 17.7 Å². The van der Waals surface area contributed by atoms with Crippen molar-refractivity contribution in [3.05, 3.63) is 17.0 Å². The van der Waals surface area contributed by atoms with Gasteiger partial charge in [-0.15, -0.1) is 11.3 Å². The number of nitrogens with one attached hydrogen (secondary N) is 1. The summed E-state index contributed by atoms with van der Waals surface area (Å²) >= 11 is 1.31. The van der Waals surface area contributed by atoms with Gasteiger partial charge in [0.1, 0.15) is 4.21 Å². The Morgan fingerprint density at radius 1 is 1.53 bits per heavy atom. The van der Waals surface area contributed by atoms with Crippen LogP contribution >= 0.6 is 11.3 Å². The van der Waals surface area contributed by atoms with Gasteiger partial charge in [0, 0.05) is 17.5 Å². The van der Waals surface area contributed by atoms with E-state index in [-0.39, 0.29) is 6.04 Å². The lowest BCUT2D eigenvalue weighted by atomic mass is 10.1. The van der Waals surface area contributed by atoms with Gasteiger partial charge in [-0.25, -0.2) is 13.1 Å². The fraction of sp³-hybridized carbons (Fsp3) is 0.667. The lowest BCUT2D eigenvalue weighted by molar-refractivity contribution is 0.242. The van der Waals surface area contributed by atoms with Gasteiger partial charge in [-0.05, 0) is 51.5 Å². The van der Waals surface area contributed by atoms with Gasteiger partial charge in [0.2, 0.25) is 10.0 Å². The molecule has 1 aromatic heterocycles. The van der Waals surface area contributed by atoms with E-state index in [1.54, 1.807) is 6.07 Å². The van der Waals surface area contributed by atoms with Gasteiger partial charge in [0.25, 0.3) is 0 Å². The molecule has 0 bridgehead atoms. The fourth-order valence-corrected chi connectivity index (χ4v) is 4.97. The van der Waals surface area contributed by atoms with Gasteiger partial charge in [0.15, 0.2) is 0 Å². The molecule has 0 aromatic carbocycles. The SMILES string of the molecule is CN1CCCC(NS(=O)(=O)c2ccc(CCN)s2)C1. The highest BCUT2D eigenvalue weighted by Gasteiger charge is 2.24. The van der Waals surface area contributed by atoms with E-state index in [0.717, 1.165) is 37.2 Å². The van der Waals surface area contributed by atoms with Gasteiger partial charge in [-0.3, -0.25) is 0 Å². The number of hydrogen-bond donors (Lipinski definition) is 2. The summed E-state index contributed by atoms with van der Waals surface area (Å²) in [6.45, 7) is 2.36. The minimum absolute atomic E-state index is 0.0174. The van der Waals surface area contributed by atoms with Crippen molar-refractivity contribution in [2.45, 2.75) is 29.5 Å². The van der Waals surface area contributed by atoms with E-state index in [4.69, 9.17) is 5.73 Å². The standard InChI is InChI=1S/C12H21N3O2S2/c1-15-8-2-3-10(9-15)14-19(16,17)12-5-4-11(18-12)6-7-13/h4-5,10,14H,2-3,6-9,13H2,1H3. The maximum absolute atomic E-state index is 12.3. The first-order valence-corrected chi connectivity index (χ1v) is 8.81. The second kappa shape index (κ2) is 6.32. The number of sulfonamides is 1. The smallest absolute Gasteiger partial charge is 0.250 e. The Labute approximate surface area is 118 Å². The van der Waals surface area contributed by atoms with Crippen molar-refractivity contribution < 1.29 is 8.42 Å². The van der Waals surface area contributed by atoms with Crippen LogP contribution in [0.4, 0.5) is 0 Å². The molecule has 108 valence electrons. The molecule has 1 atom stereocenters. The molecule has 1 unspecified atom stereocenters. The van der Waals surface area contributed by atoms with Gasteiger partial charge in [-0.1, -0.05) is 0 Å². The van der Waals surface area contributed by atoms with Crippen molar-refractivity contribution in [2.75, 3.05) is 26.7 Å². The quantitative estimate of drug-likeness (QED) is 0.836. The normalized spacial score (nSPS) is 21.7. The average molecular weight is 303 g/mol. The number of likely N-dealkylation sites (tertiary alicyclic amines) is 1. The van der Waals surface area contributed by atoms with Crippen LogP contribution in [0.5, 0.6) is 0 Å². The molecule has 7 heteroatoms. The predicted molar refractivity (Wildman–Crippen MR) is 77.9 cm³/mol. The lowest BCUT2D eigenvalue weighted by Crippen LogP contribution is -2.46. The maximum atomic E-state index is 12.3. The molecule has 2 rings (SSSR count). The van der Waals surface area contributed by atoms with Crippen LogP contribution in [0.3, 0.4) is 0 Å². The highest BCUT2D eigenvalue weighted by atomic mass is 32.2. The van der Waals surface area contributed by atoms with Crippen LogP contribution < -0.4 is 10.5 Å². The van der Waals surface area contributed by atoms with Crippen molar-refractivity contribution in [3.63, 3.8) is 0 Å². The van der Waals surface area contributed by atoms with Crippen LogP contribution in [0.25, 0.3) is 0 Å². The summed E-state index contributed by atoms with van der Waals surface area (Å²) in [7, 11) is -1.36. The first kappa shape index (κ1) is 14.9. The maximum Gasteiger partial charge on any atom is 0.250 e. The largest absolute Gasteiger partial charge is 0.330 e. The van der Waals surface area contributed by atoms with Gasteiger partial charge < -0.3 is 10.6 Å². The first-order chi connectivity index (χ1) is 9.01. The topological polar surface area (TPSA) is 75.4 Å². The number of nitrogens with zero attached hydrogens (tertiary/aromatic N) is 1. The molecule has 1 fully saturated rings. The summed E-state index contributed by atoms with van der Waals surface area (Å²) in [6, 6.07) is 3.53. The molecular weight excluding hydrogens is 282 g/mol. The van der Waals surface area contributed by atoms with E-state index in [9.17, 15) is 8.42 Å². The molecule has 2 heterocycles. The Morgan fingerprint density at radius 2 is 2.32 bits per heavy atom. The average Bonchev–Trinajstić information content (AvgIpc) is 2.78. The molecule has 0 spiro atoms. The van der Waals surface area contributed by atoms with Crippen molar-refractivity contribution in [3.8, 4) is 0 Å². The van der Waals surface area contributed by atoms with Crippen molar-refractivity contribution in [1.29, 1.82) is 0 Å². The molecule has 19 heavy (non-hydrogen) atoms. The fourth-order valence-electron chi connectivity index (χ4n) is 2.32. The molecule has 0 saturated carbocycles. The zero-order valence-electron chi connectivity index (χ0n) is 11.1. The zero-order valence-corrected chi connectivity index (χ0v) is 12.8. The Kier molecular flexibility index (Phi) is 4.97. The number of thiophene rings is 1. The van der Waals surface area contributed by atoms with Crippen molar-refractivity contribution >= 4 is 21.4 Å². The monoisotopic (exact) mass is 303 g/mol. The molecule has 0 amide bonds. The summed E-state index contributed by atoms with van der Waals surface area (Å²) < 4.78 is 27.7. The number of piperidine rings is 1. The second-order valence-electron chi connectivity index (χ2n) is 4.98. The van der Waals surface area contributed by atoms with Crippen LogP contribution in [0.15, 0.2) is 16.3 Å². The molecule has 0 radical (unpaired) electrons. The Balaban J connectivity index is 2.04. The second-order valence-corrected chi connectivity index (χ2v) is 8.09. The third kappa shape index (κ3) is 4.00. The number of likely N-dealkylation sites (N-methyl/N-ethyl adjacent to an activating group) is 1. The van der Waals surface area contributed by atoms with E-state index in [1.165, 1.54) is 11.3 Å². The summed E-state index contributed by atoms with van der Waals surface area (Å²) in [6.07, 6.45) is 2.67. The lowest BCUT2D eigenvalue weighted by Gasteiger charge is -2.29. The number of hydrogen-bond acceptors (Lipinski definition) is 5. The Morgan fingerprint density at radius 3 is 3.00 bits per heavy atom. The summed E-state index contributed by atoms with van der Waals surface area (Å²) in [5.74, 6) is 0. The zero-order chi connectivity index (χ0) is 13.9. The van der Waals surface area contributed by atoms with Crippen LogP contribution in [0.2, 0.25) is 0 Å². The number of nitrogens with two attached hydrogens (primary N) is 1. The van der Waals surface area contributed by atoms with Crippen molar-refractivity contribution in [1.82, 2.24) is 9.62 Å². The third-order valence-electron chi connectivity index (χ3n) is 3.24. The van der Waals surface area contributed by atoms with Crippen LogP contribution in [-0.2, 0) is 16.4 Å². The first-order valence-electron chi connectivity index (χ1n) is 6.51. The minimum Gasteiger partial charge on any atom is -0.330 e. The molecule has 0 aliphatic carbocycles. The molecule has 1 aliphatic rings. The third-order valence-corrected chi connectivity index (χ3v) is 6.40. The molecular formula is C12H21N3O2S2. The van der Waals surface area contributed by atoms with Gasteiger partial charge in [-0.2, -0.15) is 0 Å². The summed E-state index contributed by atoms with van der Waals surface area (Å²) in [4.78, 5) is 3.17. The van der Waals surface area contributed by atoms with E-state index in [1.807, 2.05) is 13.1 Å². The Bertz CT molecular complexity index is 513. The summed E-state index contributed by atoms with van der Waals surface area (Å²) in [5, 5.41) is 0. The summed E-state index contributed by atoms with van der Waals surface area (Å²) in [5.41, 5.74) is 5.48. The molecule has 1 saturated heterocycles. The van der Waals surface area contributed by atoms with Gasteiger partial charge in [0.05, 0.1) is 0 Å². The van der Waals surface area contributed by atoms with E-state index in [2.05, 4.69) is 9.62 Å². The highest BCUT2D eigenvalue weighted by molar-refractivity contribution is 7.91. The molecule has 1 aromatic rings. The van der Waals surface area contributed by atoms with E-state index in [0.29, 0.717) is 10.8 Å².